The minimum Gasteiger partial charge on any atom is -0.351 e. The quantitative estimate of drug-likeness (QED) is 0.802. The maximum Gasteiger partial charge on any atom is 0.275 e. The molecular formula is C21H30ClN2O+. The van der Waals surface area contributed by atoms with E-state index in [9.17, 15) is 4.79 Å². The summed E-state index contributed by atoms with van der Waals surface area (Å²) in [5.74, 6) is 3.00. The summed E-state index contributed by atoms with van der Waals surface area (Å²) < 4.78 is 0. The van der Waals surface area contributed by atoms with Gasteiger partial charge in [0.2, 0.25) is 0 Å². The average molecular weight is 362 g/mol. The van der Waals surface area contributed by atoms with Crippen molar-refractivity contribution in [2.45, 2.75) is 45.1 Å². The standard InChI is InChI=1S/C21H29ClN2O/c1-24(12-18-4-2-3-5-19(18)22)13-20(25)23-14-21-9-15-6-16(10-21)8-17(7-15)11-21/h2-5,15-17H,6-14H2,1H3,(H,23,25)/p+1. The van der Waals surface area contributed by atoms with Gasteiger partial charge in [-0.1, -0.05) is 29.8 Å². The molecule has 1 atom stereocenters. The fourth-order valence-electron chi connectivity index (χ4n) is 6.16. The van der Waals surface area contributed by atoms with Crippen molar-refractivity contribution in [3.8, 4) is 0 Å². The van der Waals surface area contributed by atoms with Crippen LogP contribution in [0, 0.1) is 23.2 Å². The molecule has 0 spiro atoms. The SMILES string of the molecule is C[NH+](CC(=O)NCC12CC3CC(CC(C3)C1)C2)Cc1ccccc1Cl. The Morgan fingerprint density at radius 3 is 2.36 bits per heavy atom. The first-order valence-electron chi connectivity index (χ1n) is 9.83. The van der Waals surface area contributed by atoms with Crippen LogP contribution in [0.4, 0.5) is 0 Å². The maximum absolute atomic E-state index is 12.5. The minimum atomic E-state index is 0.181. The number of rotatable bonds is 6. The molecule has 136 valence electrons. The van der Waals surface area contributed by atoms with Gasteiger partial charge in [-0.15, -0.1) is 0 Å². The first kappa shape index (κ1) is 17.4. The van der Waals surface area contributed by atoms with Gasteiger partial charge in [0.25, 0.3) is 5.91 Å². The van der Waals surface area contributed by atoms with Gasteiger partial charge in [0.15, 0.2) is 6.54 Å². The molecule has 4 heteroatoms. The molecule has 4 aliphatic carbocycles. The Hall–Kier alpha value is -1.06. The summed E-state index contributed by atoms with van der Waals surface area (Å²) in [6, 6.07) is 7.90. The van der Waals surface area contributed by atoms with Crippen LogP contribution in [-0.2, 0) is 11.3 Å². The van der Waals surface area contributed by atoms with E-state index in [0.29, 0.717) is 12.0 Å². The number of carbonyl (C=O) groups excluding carboxylic acids is 1. The third-order valence-electron chi connectivity index (χ3n) is 6.74. The Balaban J connectivity index is 1.27. The smallest absolute Gasteiger partial charge is 0.275 e. The molecule has 1 aromatic carbocycles. The van der Waals surface area contributed by atoms with Crippen molar-refractivity contribution >= 4 is 17.5 Å². The van der Waals surface area contributed by atoms with Gasteiger partial charge >= 0.3 is 0 Å². The summed E-state index contributed by atoms with van der Waals surface area (Å²) in [4.78, 5) is 13.6. The van der Waals surface area contributed by atoms with Crippen molar-refractivity contribution in [3.05, 3.63) is 34.9 Å². The van der Waals surface area contributed by atoms with Crippen LogP contribution in [0.2, 0.25) is 5.02 Å². The van der Waals surface area contributed by atoms with E-state index in [1.165, 1.54) is 43.4 Å². The van der Waals surface area contributed by atoms with E-state index in [2.05, 4.69) is 12.4 Å². The van der Waals surface area contributed by atoms with Gasteiger partial charge in [0.1, 0.15) is 6.54 Å². The highest BCUT2D eigenvalue weighted by molar-refractivity contribution is 6.31. The van der Waals surface area contributed by atoms with Crippen molar-refractivity contribution in [1.82, 2.24) is 5.32 Å². The Morgan fingerprint density at radius 2 is 1.76 bits per heavy atom. The van der Waals surface area contributed by atoms with E-state index in [1.54, 1.807) is 0 Å². The molecule has 4 saturated carbocycles. The number of halogens is 1. The maximum atomic E-state index is 12.5. The van der Waals surface area contributed by atoms with Crippen molar-refractivity contribution in [1.29, 1.82) is 0 Å². The minimum absolute atomic E-state index is 0.181. The number of quaternary nitrogens is 1. The Labute approximate surface area is 156 Å². The molecule has 1 aromatic rings. The van der Waals surface area contributed by atoms with Gasteiger partial charge in [-0.2, -0.15) is 0 Å². The summed E-state index contributed by atoms with van der Waals surface area (Å²) in [6.07, 6.45) is 8.42. The van der Waals surface area contributed by atoms with Crippen LogP contribution in [-0.4, -0.2) is 26.0 Å². The second-order valence-corrected chi connectivity index (χ2v) is 9.50. The van der Waals surface area contributed by atoms with Crippen LogP contribution in [0.1, 0.15) is 44.1 Å². The van der Waals surface area contributed by atoms with E-state index in [0.717, 1.165) is 41.4 Å². The fourth-order valence-corrected chi connectivity index (χ4v) is 6.36. The predicted octanol–water partition coefficient (Wildman–Crippen LogP) is 2.69. The van der Waals surface area contributed by atoms with Gasteiger partial charge in [0, 0.05) is 17.1 Å². The van der Waals surface area contributed by atoms with E-state index < -0.39 is 0 Å². The molecular weight excluding hydrogens is 332 g/mol. The summed E-state index contributed by atoms with van der Waals surface area (Å²) in [6.45, 7) is 2.19. The van der Waals surface area contributed by atoms with Gasteiger partial charge in [-0.3, -0.25) is 4.79 Å². The van der Waals surface area contributed by atoms with Crippen molar-refractivity contribution in [2.75, 3.05) is 20.1 Å². The zero-order chi connectivity index (χ0) is 17.4. The van der Waals surface area contributed by atoms with Crippen LogP contribution in [0.15, 0.2) is 24.3 Å². The van der Waals surface area contributed by atoms with Crippen molar-refractivity contribution in [2.24, 2.45) is 23.2 Å². The van der Waals surface area contributed by atoms with Crippen LogP contribution < -0.4 is 10.2 Å². The molecule has 5 rings (SSSR count). The lowest BCUT2D eigenvalue weighted by atomic mass is 9.49. The highest BCUT2D eigenvalue weighted by Crippen LogP contribution is 2.59. The van der Waals surface area contributed by atoms with Gasteiger partial charge in [-0.05, 0) is 67.8 Å². The molecule has 4 aliphatic rings. The molecule has 4 fully saturated rings. The van der Waals surface area contributed by atoms with Gasteiger partial charge in [-0.25, -0.2) is 0 Å². The Bertz CT molecular complexity index is 609. The Morgan fingerprint density at radius 1 is 1.16 bits per heavy atom. The molecule has 1 unspecified atom stereocenters. The number of nitrogens with one attached hydrogen (secondary N) is 2. The van der Waals surface area contributed by atoms with Crippen LogP contribution >= 0.6 is 11.6 Å². The summed E-state index contributed by atoms with van der Waals surface area (Å²) in [5.41, 5.74) is 1.52. The monoisotopic (exact) mass is 361 g/mol. The van der Waals surface area contributed by atoms with Gasteiger partial charge in [0.05, 0.1) is 7.05 Å². The second-order valence-electron chi connectivity index (χ2n) is 9.10. The molecule has 3 nitrogen and oxygen atoms in total. The van der Waals surface area contributed by atoms with E-state index in [1.807, 2.05) is 24.3 Å². The van der Waals surface area contributed by atoms with Gasteiger partial charge < -0.3 is 10.2 Å². The number of hydrogen-bond donors (Lipinski definition) is 2. The van der Waals surface area contributed by atoms with Crippen molar-refractivity contribution in [3.63, 3.8) is 0 Å². The van der Waals surface area contributed by atoms with E-state index in [4.69, 9.17) is 11.6 Å². The lowest BCUT2D eigenvalue weighted by Gasteiger charge is -2.56. The summed E-state index contributed by atoms with van der Waals surface area (Å²) >= 11 is 6.23. The molecule has 0 saturated heterocycles. The number of hydrogen-bond acceptors (Lipinski definition) is 1. The first-order valence-corrected chi connectivity index (χ1v) is 10.2. The topological polar surface area (TPSA) is 33.5 Å². The number of amides is 1. The van der Waals surface area contributed by atoms with Crippen LogP contribution in [0.5, 0.6) is 0 Å². The number of carbonyl (C=O) groups is 1. The number of benzene rings is 1. The number of likely N-dealkylation sites (N-methyl/N-ethyl adjacent to an activating group) is 1. The summed E-state index contributed by atoms with van der Waals surface area (Å²) in [5, 5.41) is 4.07. The van der Waals surface area contributed by atoms with Crippen LogP contribution in [0.25, 0.3) is 0 Å². The Kier molecular flexibility index (Phi) is 4.81. The lowest BCUT2D eigenvalue weighted by molar-refractivity contribution is -0.885. The highest BCUT2D eigenvalue weighted by Gasteiger charge is 2.50. The second kappa shape index (κ2) is 6.92. The average Bonchev–Trinajstić information content (AvgIpc) is 2.54. The largest absolute Gasteiger partial charge is 0.351 e. The molecule has 1 amide bonds. The zero-order valence-electron chi connectivity index (χ0n) is 15.2. The third kappa shape index (κ3) is 3.88. The first-order chi connectivity index (χ1) is 12.0. The third-order valence-corrected chi connectivity index (χ3v) is 7.11. The molecule has 0 heterocycles. The molecule has 25 heavy (non-hydrogen) atoms. The van der Waals surface area contributed by atoms with E-state index in [-0.39, 0.29) is 5.91 Å². The predicted molar refractivity (Wildman–Crippen MR) is 101 cm³/mol. The lowest BCUT2D eigenvalue weighted by Crippen LogP contribution is -3.09. The molecule has 4 bridgehead atoms. The zero-order valence-corrected chi connectivity index (χ0v) is 15.9. The molecule has 0 radical (unpaired) electrons. The van der Waals surface area contributed by atoms with E-state index >= 15 is 0 Å². The molecule has 0 aromatic heterocycles. The van der Waals surface area contributed by atoms with Crippen molar-refractivity contribution < 1.29 is 9.69 Å². The normalized spacial score (nSPS) is 34.1. The van der Waals surface area contributed by atoms with Crippen LogP contribution in [0.3, 0.4) is 0 Å². The molecule has 2 N–H and O–H groups in total. The highest BCUT2D eigenvalue weighted by atomic mass is 35.5. The summed E-state index contributed by atoms with van der Waals surface area (Å²) in [7, 11) is 2.06. The fraction of sp³-hybridized carbons (Fsp3) is 0.667. The molecule has 0 aliphatic heterocycles.